The first-order chi connectivity index (χ1) is 8.98. The second-order valence-corrected chi connectivity index (χ2v) is 6.26. The molecule has 19 heavy (non-hydrogen) atoms. The predicted molar refractivity (Wildman–Crippen MR) is 77.9 cm³/mol. The molecule has 106 valence electrons. The zero-order valence-electron chi connectivity index (χ0n) is 11.7. The first-order valence-corrected chi connectivity index (χ1v) is 7.33. The van der Waals surface area contributed by atoms with E-state index in [4.69, 9.17) is 5.73 Å². The molecule has 0 bridgehead atoms. The number of carbonyl (C=O) groups is 1. The molecule has 0 radical (unpaired) electrons. The summed E-state index contributed by atoms with van der Waals surface area (Å²) in [6.45, 7) is 6.78. The minimum atomic E-state index is -0.671. The number of amides is 1. The molecule has 0 fully saturated rings. The minimum absolute atomic E-state index is 0.233. The van der Waals surface area contributed by atoms with Crippen molar-refractivity contribution in [3.63, 3.8) is 0 Å². The van der Waals surface area contributed by atoms with E-state index in [2.05, 4.69) is 29.1 Å². The van der Waals surface area contributed by atoms with E-state index in [-0.39, 0.29) is 11.2 Å². The van der Waals surface area contributed by atoms with Crippen LogP contribution in [0.2, 0.25) is 0 Å². The third kappa shape index (κ3) is 5.16. The lowest BCUT2D eigenvalue weighted by atomic mass is 9.95. The fourth-order valence-corrected chi connectivity index (χ4v) is 2.91. The molecule has 1 amide bonds. The number of hydrogen-bond acceptors (Lipinski definition) is 5. The molecule has 1 aromatic heterocycles. The van der Waals surface area contributed by atoms with E-state index in [0.29, 0.717) is 6.42 Å². The van der Waals surface area contributed by atoms with Gasteiger partial charge in [-0.15, -0.1) is 11.8 Å². The standard InChI is InChI=1S/C13H22N4OS/c1-4-6-17-13(3,12(14)18)8-10(2)19-11-5-7-15-9-16-11/h5,7,9-10,17H,4,6,8H2,1-3H3,(H2,14,18). The summed E-state index contributed by atoms with van der Waals surface area (Å²) < 4.78 is 0. The Morgan fingerprint density at radius 1 is 1.63 bits per heavy atom. The van der Waals surface area contributed by atoms with Crippen LogP contribution >= 0.6 is 11.8 Å². The average Bonchev–Trinajstić information content (AvgIpc) is 2.37. The van der Waals surface area contributed by atoms with E-state index in [0.717, 1.165) is 18.0 Å². The summed E-state index contributed by atoms with van der Waals surface area (Å²) in [4.78, 5) is 19.7. The van der Waals surface area contributed by atoms with E-state index in [9.17, 15) is 4.79 Å². The van der Waals surface area contributed by atoms with Gasteiger partial charge in [0.25, 0.3) is 0 Å². The highest BCUT2D eigenvalue weighted by atomic mass is 32.2. The quantitative estimate of drug-likeness (QED) is 0.559. The monoisotopic (exact) mass is 282 g/mol. The first-order valence-electron chi connectivity index (χ1n) is 6.45. The van der Waals surface area contributed by atoms with Crippen molar-refractivity contribution >= 4 is 17.7 Å². The number of aromatic nitrogens is 2. The molecule has 0 aromatic carbocycles. The van der Waals surface area contributed by atoms with E-state index in [1.54, 1.807) is 18.0 Å². The molecule has 0 saturated heterocycles. The van der Waals surface area contributed by atoms with Crippen molar-refractivity contribution in [2.75, 3.05) is 6.54 Å². The van der Waals surface area contributed by atoms with E-state index in [1.165, 1.54) is 6.33 Å². The molecule has 0 aliphatic heterocycles. The van der Waals surface area contributed by atoms with E-state index < -0.39 is 5.54 Å². The third-order valence-electron chi connectivity index (χ3n) is 2.88. The Balaban J connectivity index is 2.61. The van der Waals surface area contributed by atoms with Crippen LogP contribution in [0.5, 0.6) is 0 Å². The molecular weight excluding hydrogens is 260 g/mol. The third-order valence-corrected chi connectivity index (χ3v) is 3.93. The van der Waals surface area contributed by atoms with Gasteiger partial charge in [-0.3, -0.25) is 4.79 Å². The summed E-state index contributed by atoms with van der Waals surface area (Å²) in [5, 5.41) is 4.38. The van der Waals surface area contributed by atoms with Gasteiger partial charge < -0.3 is 11.1 Å². The van der Waals surface area contributed by atoms with Gasteiger partial charge in [-0.1, -0.05) is 13.8 Å². The zero-order valence-corrected chi connectivity index (χ0v) is 12.5. The van der Waals surface area contributed by atoms with Gasteiger partial charge in [0.05, 0.1) is 10.6 Å². The van der Waals surface area contributed by atoms with Crippen LogP contribution in [-0.4, -0.2) is 33.2 Å². The van der Waals surface area contributed by atoms with Crippen molar-refractivity contribution in [3.05, 3.63) is 18.6 Å². The lowest BCUT2D eigenvalue weighted by Gasteiger charge is -2.30. The molecule has 2 atom stereocenters. The number of nitrogens with one attached hydrogen (secondary N) is 1. The second kappa shape index (κ2) is 7.45. The number of hydrogen-bond donors (Lipinski definition) is 2. The number of nitrogens with two attached hydrogens (primary N) is 1. The molecule has 0 saturated carbocycles. The Morgan fingerprint density at radius 2 is 2.37 bits per heavy atom. The fourth-order valence-electron chi connectivity index (χ4n) is 1.83. The van der Waals surface area contributed by atoms with Crippen LogP contribution in [0.1, 0.15) is 33.6 Å². The van der Waals surface area contributed by atoms with Crippen molar-refractivity contribution in [1.82, 2.24) is 15.3 Å². The highest BCUT2D eigenvalue weighted by Crippen LogP contribution is 2.26. The molecule has 1 aromatic rings. The normalized spacial score (nSPS) is 15.7. The van der Waals surface area contributed by atoms with Crippen molar-refractivity contribution in [2.24, 2.45) is 5.73 Å². The Morgan fingerprint density at radius 3 is 2.89 bits per heavy atom. The van der Waals surface area contributed by atoms with Gasteiger partial charge in [-0.05, 0) is 32.4 Å². The van der Waals surface area contributed by atoms with E-state index in [1.807, 2.05) is 13.0 Å². The predicted octanol–water partition coefficient (Wildman–Crippen LogP) is 1.59. The molecule has 6 heteroatoms. The molecule has 0 spiro atoms. The maximum atomic E-state index is 11.6. The maximum Gasteiger partial charge on any atom is 0.237 e. The zero-order chi connectivity index (χ0) is 14.3. The summed E-state index contributed by atoms with van der Waals surface area (Å²) in [5.41, 5.74) is 4.85. The van der Waals surface area contributed by atoms with Gasteiger partial charge in [0.1, 0.15) is 6.33 Å². The smallest absolute Gasteiger partial charge is 0.237 e. The van der Waals surface area contributed by atoms with Gasteiger partial charge in [0.15, 0.2) is 0 Å². The molecule has 0 aliphatic rings. The summed E-state index contributed by atoms with van der Waals surface area (Å²) in [6, 6.07) is 1.86. The lowest BCUT2D eigenvalue weighted by molar-refractivity contribution is -0.124. The highest BCUT2D eigenvalue weighted by molar-refractivity contribution is 7.99. The van der Waals surface area contributed by atoms with Gasteiger partial charge in [0, 0.05) is 11.4 Å². The van der Waals surface area contributed by atoms with Crippen LogP contribution in [0.15, 0.2) is 23.6 Å². The SMILES string of the molecule is CCCNC(C)(CC(C)Sc1ccncn1)C(N)=O. The number of primary amides is 1. The fraction of sp³-hybridized carbons (Fsp3) is 0.615. The molecule has 0 aliphatic carbocycles. The van der Waals surface area contributed by atoms with E-state index >= 15 is 0 Å². The Kier molecular flexibility index (Phi) is 6.24. The number of carbonyl (C=O) groups excluding carboxylic acids is 1. The van der Waals surface area contributed by atoms with Crippen LogP contribution in [0.4, 0.5) is 0 Å². The van der Waals surface area contributed by atoms with Crippen LogP contribution in [0.3, 0.4) is 0 Å². The van der Waals surface area contributed by atoms with Crippen molar-refractivity contribution in [1.29, 1.82) is 0 Å². The largest absolute Gasteiger partial charge is 0.368 e. The summed E-state index contributed by atoms with van der Waals surface area (Å²) >= 11 is 1.62. The molecule has 5 nitrogen and oxygen atoms in total. The topological polar surface area (TPSA) is 80.9 Å². The molecule has 3 N–H and O–H groups in total. The Hall–Kier alpha value is -1.14. The minimum Gasteiger partial charge on any atom is -0.368 e. The van der Waals surface area contributed by atoms with Crippen molar-refractivity contribution in [2.45, 2.75) is 49.4 Å². The number of rotatable bonds is 8. The Labute approximate surface area is 118 Å². The summed E-state index contributed by atoms with van der Waals surface area (Å²) in [5.74, 6) is -0.309. The molecular formula is C13H22N4OS. The van der Waals surface area contributed by atoms with Gasteiger partial charge in [0.2, 0.25) is 5.91 Å². The molecule has 1 heterocycles. The lowest BCUT2D eigenvalue weighted by Crippen LogP contribution is -2.54. The van der Waals surface area contributed by atoms with Gasteiger partial charge >= 0.3 is 0 Å². The summed E-state index contributed by atoms with van der Waals surface area (Å²) in [7, 11) is 0. The number of thioether (sulfide) groups is 1. The average molecular weight is 282 g/mol. The maximum absolute atomic E-state index is 11.6. The Bertz CT molecular complexity index is 401. The van der Waals surface area contributed by atoms with Crippen LogP contribution in [0.25, 0.3) is 0 Å². The second-order valence-electron chi connectivity index (χ2n) is 4.80. The summed E-state index contributed by atoms with van der Waals surface area (Å²) in [6.07, 6.45) is 4.87. The highest BCUT2D eigenvalue weighted by Gasteiger charge is 2.32. The number of nitrogens with zero attached hydrogens (tertiary/aromatic N) is 2. The van der Waals surface area contributed by atoms with Crippen LogP contribution < -0.4 is 11.1 Å². The first kappa shape index (κ1) is 15.9. The van der Waals surface area contributed by atoms with Gasteiger partial charge in [-0.2, -0.15) is 0 Å². The molecule has 1 rings (SSSR count). The van der Waals surface area contributed by atoms with Crippen molar-refractivity contribution in [3.8, 4) is 0 Å². The van der Waals surface area contributed by atoms with Crippen LogP contribution in [0, 0.1) is 0 Å². The van der Waals surface area contributed by atoms with Crippen LogP contribution in [-0.2, 0) is 4.79 Å². The molecule has 2 unspecified atom stereocenters. The van der Waals surface area contributed by atoms with Gasteiger partial charge in [-0.25, -0.2) is 9.97 Å². The van der Waals surface area contributed by atoms with Crippen molar-refractivity contribution < 1.29 is 4.79 Å².